The maximum Gasteiger partial charge on any atom is 0.237 e. The van der Waals surface area contributed by atoms with E-state index in [0.717, 1.165) is 18.7 Å². The van der Waals surface area contributed by atoms with Crippen LogP contribution in [0.2, 0.25) is 0 Å². The van der Waals surface area contributed by atoms with Crippen LogP contribution in [0.15, 0.2) is 5.38 Å². The van der Waals surface area contributed by atoms with Gasteiger partial charge in [-0.3, -0.25) is 4.79 Å². The normalized spacial score (nSPS) is 22.5. The number of nitrogens with zero attached hydrogens (tertiary/aromatic N) is 2. The second kappa shape index (κ2) is 4.02. The second-order valence-electron chi connectivity index (χ2n) is 3.36. The van der Waals surface area contributed by atoms with Gasteiger partial charge in [0, 0.05) is 5.38 Å². The van der Waals surface area contributed by atoms with Gasteiger partial charge >= 0.3 is 0 Å². The van der Waals surface area contributed by atoms with Crippen LogP contribution in [0.25, 0.3) is 0 Å². The predicted molar refractivity (Wildman–Crippen MR) is 52.9 cm³/mol. The summed E-state index contributed by atoms with van der Waals surface area (Å²) >= 11 is 1.30. The molecule has 6 heteroatoms. The number of carbonyl (C=O) groups excluding carboxylic acids is 1. The van der Waals surface area contributed by atoms with Gasteiger partial charge in [0.15, 0.2) is 0 Å². The van der Waals surface area contributed by atoms with E-state index in [1.54, 1.807) is 0 Å². The molecule has 76 valence electrons. The van der Waals surface area contributed by atoms with Crippen molar-refractivity contribution in [3.63, 3.8) is 0 Å². The number of nitrogens with one attached hydrogen (secondary N) is 2. The fourth-order valence-corrected chi connectivity index (χ4v) is 1.81. The predicted octanol–water partition coefficient (Wildman–Crippen LogP) is 0.0772. The summed E-state index contributed by atoms with van der Waals surface area (Å²) in [5.74, 6) is 0.0525. The summed E-state index contributed by atoms with van der Waals surface area (Å²) in [4.78, 5) is 11.5. The van der Waals surface area contributed by atoms with Gasteiger partial charge in [-0.25, -0.2) is 0 Å². The van der Waals surface area contributed by atoms with Gasteiger partial charge in [-0.05, 0) is 31.4 Å². The first-order chi connectivity index (χ1) is 6.77. The molecule has 1 amide bonds. The van der Waals surface area contributed by atoms with Gasteiger partial charge < -0.3 is 10.6 Å². The van der Waals surface area contributed by atoms with Crippen LogP contribution in [0.3, 0.4) is 0 Å². The zero-order valence-corrected chi connectivity index (χ0v) is 8.67. The zero-order valence-electron chi connectivity index (χ0n) is 7.86. The highest BCUT2D eigenvalue weighted by Crippen LogP contribution is 2.11. The van der Waals surface area contributed by atoms with Crippen LogP contribution in [0.5, 0.6) is 0 Å². The highest BCUT2D eigenvalue weighted by molar-refractivity contribution is 7.03. The van der Waals surface area contributed by atoms with Gasteiger partial charge in [-0.2, -0.15) is 0 Å². The Balaban J connectivity index is 1.87. The Hall–Kier alpha value is -1.01. The van der Waals surface area contributed by atoms with Gasteiger partial charge in [-0.15, -0.1) is 5.10 Å². The molecule has 1 saturated heterocycles. The molecule has 2 N–H and O–H groups in total. The Bertz CT molecular complexity index is 309. The van der Waals surface area contributed by atoms with Crippen molar-refractivity contribution >= 4 is 17.4 Å². The Labute approximate surface area is 86.1 Å². The van der Waals surface area contributed by atoms with Gasteiger partial charge in [-0.1, -0.05) is 4.49 Å². The summed E-state index contributed by atoms with van der Waals surface area (Å²) in [6, 6.07) is -0.0623. The van der Waals surface area contributed by atoms with Crippen molar-refractivity contribution in [2.24, 2.45) is 0 Å². The zero-order chi connectivity index (χ0) is 9.97. The molecule has 14 heavy (non-hydrogen) atoms. The minimum absolute atomic E-state index is 0.0101. The quantitative estimate of drug-likeness (QED) is 0.744. The first kappa shape index (κ1) is 9.54. The van der Waals surface area contributed by atoms with Crippen LogP contribution < -0.4 is 10.6 Å². The largest absolute Gasteiger partial charge is 0.347 e. The van der Waals surface area contributed by atoms with Crippen LogP contribution >= 0.6 is 11.5 Å². The molecule has 1 aromatic heterocycles. The van der Waals surface area contributed by atoms with Gasteiger partial charge in [0.2, 0.25) is 5.91 Å². The molecule has 2 heterocycles. The summed E-state index contributed by atoms with van der Waals surface area (Å²) in [5.41, 5.74) is 0.822. The molecule has 0 spiro atoms. The smallest absolute Gasteiger partial charge is 0.237 e. The molecule has 2 rings (SSSR count). The summed E-state index contributed by atoms with van der Waals surface area (Å²) in [7, 11) is 0. The summed E-state index contributed by atoms with van der Waals surface area (Å²) in [6.45, 7) is 2.85. The molecule has 2 unspecified atom stereocenters. The van der Waals surface area contributed by atoms with Gasteiger partial charge in [0.05, 0.1) is 17.8 Å². The van der Waals surface area contributed by atoms with E-state index >= 15 is 0 Å². The molecule has 0 radical (unpaired) electrons. The van der Waals surface area contributed by atoms with Crippen LogP contribution in [0, 0.1) is 0 Å². The first-order valence-corrected chi connectivity index (χ1v) is 5.42. The van der Waals surface area contributed by atoms with E-state index in [1.165, 1.54) is 11.5 Å². The average molecular weight is 212 g/mol. The molecule has 0 saturated carbocycles. The van der Waals surface area contributed by atoms with Crippen LogP contribution in [-0.2, 0) is 4.79 Å². The fraction of sp³-hybridized carbons (Fsp3) is 0.625. The highest BCUT2D eigenvalue weighted by Gasteiger charge is 2.25. The Morgan fingerprint density at radius 2 is 2.64 bits per heavy atom. The molecule has 1 aliphatic heterocycles. The van der Waals surface area contributed by atoms with E-state index in [1.807, 2.05) is 12.3 Å². The van der Waals surface area contributed by atoms with E-state index in [0.29, 0.717) is 0 Å². The van der Waals surface area contributed by atoms with Crippen molar-refractivity contribution in [1.29, 1.82) is 0 Å². The third-order valence-corrected chi connectivity index (χ3v) is 2.84. The fourth-order valence-electron chi connectivity index (χ4n) is 1.26. The highest BCUT2D eigenvalue weighted by atomic mass is 32.1. The number of hydrogen-bond acceptors (Lipinski definition) is 5. The third-order valence-electron chi connectivity index (χ3n) is 2.32. The average Bonchev–Trinajstić information content (AvgIpc) is 2.51. The van der Waals surface area contributed by atoms with Crippen molar-refractivity contribution in [3.05, 3.63) is 11.1 Å². The summed E-state index contributed by atoms with van der Waals surface area (Å²) in [6.07, 6.45) is 0.924. The molecule has 0 bridgehead atoms. The minimum atomic E-state index is -0.0522. The maximum atomic E-state index is 11.5. The molecule has 1 aromatic rings. The standard InChI is InChI=1S/C8H12N4OS/c1-5(7-4-14-12-11-7)10-8(13)6-2-3-9-6/h4-6,9H,2-3H2,1H3,(H,10,13). The number of hydrogen-bond donors (Lipinski definition) is 2. The molecule has 0 aromatic carbocycles. The summed E-state index contributed by atoms with van der Waals surface area (Å²) in [5, 5.41) is 11.7. The number of rotatable bonds is 3. The second-order valence-corrected chi connectivity index (χ2v) is 3.97. The Morgan fingerprint density at radius 1 is 1.86 bits per heavy atom. The molecular formula is C8H12N4OS. The lowest BCUT2D eigenvalue weighted by atomic mass is 10.1. The van der Waals surface area contributed by atoms with Crippen molar-refractivity contribution in [3.8, 4) is 0 Å². The molecule has 1 aliphatic rings. The van der Waals surface area contributed by atoms with Crippen molar-refractivity contribution in [1.82, 2.24) is 20.2 Å². The lowest BCUT2D eigenvalue weighted by Crippen LogP contribution is -2.53. The van der Waals surface area contributed by atoms with E-state index in [-0.39, 0.29) is 18.0 Å². The number of carbonyl (C=O) groups is 1. The van der Waals surface area contributed by atoms with Crippen LogP contribution in [0.4, 0.5) is 0 Å². The Morgan fingerprint density at radius 3 is 3.14 bits per heavy atom. The monoisotopic (exact) mass is 212 g/mol. The van der Waals surface area contributed by atoms with Crippen molar-refractivity contribution < 1.29 is 4.79 Å². The number of amides is 1. The van der Waals surface area contributed by atoms with Crippen molar-refractivity contribution in [2.45, 2.75) is 25.4 Å². The van der Waals surface area contributed by atoms with E-state index in [4.69, 9.17) is 0 Å². The third kappa shape index (κ3) is 1.91. The molecule has 0 aliphatic carbocycles. The Kier molecular flexibility index (Phi) is 2.74. The lowest BCUT2D eigenvalue weighted by molar-refractivity contribution is -0.125. The lowest BCUT2D eigenvalue weighted by Gasteiger charge is -2.27. The summed E-state index contributed by atoms with van der Waals surface area (Å²) < 4.78 is 3.75. The van der Waals surface area contributed by atoms with E-state index in [2.05, 4.69) is 20.2 Å². The van der Waals surface area contributed by atoms with Gasteiger partial charge in [0.25, 0.3) is 0 Å². The van der Waals surface area contributed by atoms with E-state index in [9.17, 15) is 4.79 Å². The minimum Gasteiger partial charge on any atom is -0.347 e. The first-order valence-electron chi connectivity index (χ1n) is 4.58. The van der Waals surface area contributed by atoms with Crippen LogP contribution in [0.1, 0.15) is 25.1 Å². The van der Waals surface area contributed by atoms with Crippen LogP contribution in [-0.4, -0.2) is 28.1 Å². The topological polar surface area (TPSA) is 66.9 Å². The van der Waals surface area contributed by atoms with Crippen molar-refractivity contribution in [2.75, 3.05) is 6.54 Å². The maximum absolute atomic E-state index is 11.5. The van der Waals surface area contributed by atoms with E-state index < -0.39 is 0 Å². The number of aromatic nitrogens is 2. The molecule has 2 atom stereocenters. The molecule has 5 nitrogen and oxygen atoms in total. The molecular weight excluding hydrogens is 200 g/mol. The molecule has 1 fully saturated rings. The van der Waals surface area contributed by atoms with Gasteiger partial charge in [0.1, 0.15) is 0 Å². The SMILES string of the molecule is CC(NC(=O)C1CCN1)c1csnn1.